The third-order valence-corrected chi connectivity index (χ3v) is 7.54. The standard InChI is InChI=1S/C30H47N9O7/c1-17(2)24(25(31)42)38-28(45)22(16-40)37-26(43)20(11-7-13-34-30(32)33)35-27(44)21(15-19-9-5-4-6-10-19)36-29(46)23-12-8-14-39(23)18(3)41/h4-6,9-10,17,20-24,40H,7-8,11-16H2,1-3H3,(H2,31,42)(H,35,44)(H,36,46)(H,37,43)(H,38,45)(H4,32,33,34)/t20-,21-,22-,23-,24-/m0/s1. The predicted octanol–water partition coefficient (Wildman–Crippen LogP) is -2.63. The van der Waals surface area contributed by atoms with Crippen molar-refractivity contribution in [3.8, 4) is 0 Å². The molecular weight excluding hydrogens is 598 g/mol. The van der Waals surface area contributed by atoms with Gasteiger partial charge < -0.3 is 48.5 Å². The summed E-state index contributed by atoms with van der Waals surface area (Å²) in [6.07, 6.45) is 1.44. The quantitative estimate of drug-likeness (QED) is 0.0499. The molecule has 16 nitrogen and oxygen atoms in total. The largest absolute Gasteiger partial charge is 0.394 e. The van der Waals surface area contributed by atoms with Crippen molar-refractivity contribution in [3.05, 3.63) is 35.9 Å². The van der Waals surface area contributed by atoms with Crippen LogP contribution in [0.1, 0.15) is 52.0 Å². The maximum Gasteiger partial charge on any atom is 0.245 e. The van der Waals surface area contributed by atoms with Crippen molar-refractivity contribution < 1.29 is 33.9 Å². The number of hydrogen-bond donors (Lipinski definition) is 8. The number of aliphatic imine (C=N–C) groups is 1. The van der Waals surface area contributed by atoms with Crippen LogP contribution in [0.4, 0.5) is 0 Å². The van der Waals surface area contributed by atoms with E-state index in [-0.39, 0.29) is 43.6 Å². The molecule has 1 heterocycles. The Hall–Kier alpha value is -4.73. The molecule has 11 N–H and O–H groups in total. The Bertz CT molecular complexity index is 1250. The number of nitrogens with one attached hydrogen (secondary N) is 4. The smallest absolute Gasteiger partial charge is 0.245 e. The lowest BCUT2D eigenvalue weighted by Gasteiger charge is -2.28. The second kappa shape index (κ2) is 18.3. The highest BCUT2D eigenvalue weighted by molar-refractivity contribution is 5.96. The van der Waals surface area contributed by atoms with Gasteiger partial charge in [0.1, 0.15) is 30.2 Å². The second-order valence-corrected chi connectivity index (χ2v) is 11.5. The van der Waals surface area contributed by atoms with Crippen LogP contribution in [0.2, 0.25) is 0 Å². The van der Waals surface area contributed by atoms with Gasteiger partial charge in [-0.05, 0) is 37.2 Å². The number of nitrogens with two attached hydrogens (primary N) is 3. The number of primary amides is 1. The minimum absolute atomic E-state index is 0.0246. The first-order chi connectivity index (χ1) is 21.7. The number of aliphatic hydroxyl groups excluding tert-OH is 1. The lowest BCUT2D eigenvalue weighted by Crippen LogP contribution is -2.60. The molecule has 0 spiro atoms. The number of nitrogens with zero attached hydrogens (tertiary/aromatic N) is 2. The first-order valence-electron chi connectivity index (χ1n) is 15.2. The van der Waals surface area contributed by atoms with Crippen molar-refractivity contribution in [2.75, 3.05) is 19.7 Å². The minimum atomic E-state index is -1.47. The summed E-state index contributed by atoms with van der Waals surface area (Å²) in [6.45, 7) is 4.46. The summed E-state index contributed by atoms with van der Waals surface area (Å²) < 4.78 is 0. The molecule has 254 valence electrons. The molecule has 1 aromatic carbocycles. The van der Waals surface area contributed by atoms with Crippen LogP contribution in [-0.2, 0) is 35.2 Å². The van der Waals surface area contributed by atoms with Gasteiger partial charge in [-0.15, -0.1) is 0 Å². The zero-order valence-electron chi connectivity index (χ0n) is 26.5. The maximum absolute atomic E-state index is 13.7. The Morgan fingerprint density at radius 2 is 1.52 bits per heavy atom. The monoisotopic (exact) mass is 645 g/mol. The van der Waals surface area contributed by atoms with Gasteiger partial charge in [-0.3, -0.25) is 33.8 Å². The number of amides is 6. The van der Waals surface area contributed by atoms with Gasteiger partial charge in [0.2, 0.25) is 35.4 Å². The topological polar surface area (TPSA) is 264 Å². The molecule has 1 aromatic rings. The van der Waals surface area contributed by atoms with Crippen molar-refractivity contribution in [3.63, 3.8) is 0 Å². The maximum atomic E-state index is 13.7. The van der Waals surface area contributed by atoms with E-state index >= 15 is 0 Å². The van der Waals surface area contributed by atoms with E-state index in [2.05, 4.69) is 26.3 Å². The molecule has 0 radical (unpaired) electrons. The van der Waals surface area contributed by atoms with Crippen molar-refractivity contribution in [1.82, 2.24) is 26.2 Å². The molecule has 1 aliphatic heterocycles. The minimum Gasteiger partial charge on any atom is -0.394 e. The van der Waals surface area contributed by atoms with Crippen LogP contribution in [0.25, 0.3) is 0 Å². The van der Waals surface area contributed by atoms with Crippen LogP contribution in [0.5, 0.6) is 0 Å². The van der Waals surface area contributed by atoms with Gasteiger partial charge in [-0.1, -0.05) is 44.2 Å². The van der Waals surface area contributed by atoms with E-state index in [4.69, 9.17) is 17.2 Å². The SMILES string of the molecule is CC(=O)N1CCC[C@H]1C(=O)N[C@@H](Cc1ccccc1)C(=O)N[C@@H](CCCN=C(N)N)C(=O)N[C@@H](CO)C(=O)N[C@H](C(N)=O)C(C)C. The summed E-state index contributed by atoms with van der Waals surface area (Å²) in [5.74, 6) is -4.40. The molecule has 46 heavy (non-hydrogen) atoms. The van der Waals surface area contributed by atoms with Gasteiger partial charge in [0.15, 0.2) is 5.96 Å². The second-order valence-electron chi connectivity index (χ2n) is 11.5. The average molecular weight is 646 g/mol. The number of guanidine groups is 1. The highest BCUT2D eigenvalue weighted by Gasteiger charge is 2.36. The fraction of sp³-hybridized carbons (Fsp3) is 0.567. The van der Waals surface area contributed by atoms with Crippen LogP contribution < -0.4 is 38.5 Å². The summed E-state index contributed by atoms with van der Waals surface area (Å²) in [6, 6.07) is 3.31. The number of carbonyl (C=O) groups is 6. The van der Waals surface area contributed by atoms with E-state index in [1.54, 1.807) is 44.2 Å². The van der Waals surface area contributed by atoms with Crippen LogP contribution in [0, 0.1) is 5.92 Å². The number of carbonyl (C=O) groups excluding carboxylic acids is 6. The Labute approximate surface area is 268 Å². The molecule has 0 aliphatic carbocycles. The Morgan fingerprint density at radius 3 is 2.09 bits per heavy atom. The number of likely N-dealkylation sites (tertiary alicyclic amines) is 1. The molecule has 0 unspecified atom stereocenters. The number of rotatable bonds is 17. The van der Waals surface area contributed by atoms with Gasteiger partial charge in [0.25, 0.3) is 0 Å². The number of aliphatic hydroxyl groups is 1. The molecule has 1 aliphatic rings. The summed E-state index contributed by atoms with van der Waals surface area (Å²) in [7, 11) is 0. The Morgan fingerprint density at radius 1 is 0.913 bits per heavy atom. The summed E-state index contributed by atoms with van der Waals surface area (Å²) in [5, 5.41) is 20.1. The van der Waals surface area contributed by atoms with Crippen LogP contribution in [-0.4, -0.2) is 101 Å². The van der Waals surface area contributed by atoms with Crippen LogP contribution in [0.3, 0.4) is 0 Å². The number of benzene rings is 1. The zero-order valence-corrected chi connectivity index (χ0v) is 26.5. The third kappa shape index (κ3) is 11.6. The van der Waals surface area contributed by atoms with Gasteiger partial charge in [-0.2, -0.15) is 0 Å². The lowest BCUT2D eigenvalue weighted by atomic mass is 10.0. The van der Waals surface area contributed by atoms with Crippen LogP contribution in [0.15, 0.2) is 35.3 Å². The van der Waals surface area contributed by atoms with E-state index < -0.39 is 66.4 Å². The highest BCUT2D eigenvalue weighted by atomic mass is 16.3. The van der Waals surface area contributed by atoms with Crippen LogP contribution >= 0.6 is 0 Å². The van der Waals surface area contributed by atoms with Crippen molar-refractivity contribution in [2.24, 2.45) is 28.1 Å². The summed E-state index contributed by atoms with van der Waals surface area (Å²) in [5.41, 5.74) is 16.9. The Kier molecular flexibility index (Phi) is 14.9. The predicted molar refractivity (Wildman–Crippen MR) is 169 cm³/mol. The zero-order chi connectivity index (χ0) is 34.4. The first kappa shape index (κ1) is 37.5. The normalized spacial score (nSPS) is 16.8. The highest BCUT2D eigenvalue weighted by Crippen LogP contribution is 2.18. The molecule has 0 bridgehead atoms. The van der Waals surface area contributed by atoms with Gasteiger partial charge in [0.05, 0.1) is 6.61 Å². The number of hydrogen-bond acceptors (Lipinski definition) is 8. The molecule has 2 rings (SSSR count). The fourth-order valence-corrected chi connectivity index (χ4v) is 5.07. The van der Waals surface area contributed by atoms with Gasteiger partial charge in [0, 0.05) is 26.4 Å². The van der Waals surface area contributed by atoms with E-state index in [0.717, 1.165) is 5.56 Å². The van der Waals surface area contributed by atoms with Crippen molar-refractivity contribution in [2.45, 2.75) is 83.1 Å². The summed E-state index contributed by atoms with van der Waals surface area (Å²) >= 11 is 0. The van der Waals surface area contributed by atoms with E-state index in [9.17, 15) is 33.9 Å². The molecule has 6 amide bonds. The van der Waals surface area contributed by atoms with E-state index in [1.807, 2.05) is 0 Å². The van der Waals surface area contributed by atoms with Gasteiger partial charge in [-0.25, -0.2) is 0 Å². The molecule has 1 fully saturated rings. The lowest BCUT2D eigenvalue weighted by molar-refractivity contribution is -0.138. The van der Waals surface area contributed by atoms with Crippen molar-refractivity contribution >= 4 is 41.4 Å². The molecule has 1 saturated heterocycles. The molecule has 0 saturated carbocycles. The molecule has 5 atom stereocenters. The molecular formula is C30H47N9O7. The third-order valence-electron chi connectivity index (χ3n) is 7.54. The molecule has 0 aromatic heterocycles. The first-order valence-corrected chi connectivity index (χ1v) is 15.2. The Balaban J connectivity index is 2.28. The molecule has 16 heteroatoms. The summed E-state index contributed by atoms with van der Waals surface area (Å²) in [4.78, 5) is 82.5. The van der Waals surface area contributed by atoms with Crippen molar-refractivity contribution in [1.29, 1.82) is 0 Å². The average Bonchev–Trinajstić information content (AvgIpc) is 3.50. The van der Waals surface area contributed by atoms with E-state index in [1.165, 1.54) is 11.8 Å². The van der Waals surface area contributed by atoms with E-state index in [0.29, 0.717) is 19.4 Å². The fourth-order valence-electron chi connectivity index (χ4n) is 5.07. The van der Waals surface area contributed by atoms with Gasteiger partial charge >= 0.3 is 0 Å².